The van der Waals surface area contributed by atoms with Gasteiger partial charge in [0.05, 0.1) is 6.20 Å². The third kappa shape index (κ3) is 3.61. The zero-order chi connectivity index (χ0) is 16.4. The van der Waals surface area contributed by atoms with Crippen LogP contribution in [0.25, 0.3) is 0 Å². The van der Waals surface area contributed by atoms with Gasteiger partial charge < -0.3 is 9.42 Å². The van der Waals surface area contributed by atoms with Crippen LogP contribution in [0.5, 0.6) is 0 Å². The number of aromatic nitrogens is 3. The average Bonchev–Trinajstić information content (AvgIpc) is 2.92. The summed E-state index contributed by atoms with van der Waals surface area (Å²) in [5.41, 5.74) is 0.110. The van der Waals surface area contributed by atoms with Crippen LogP contribution in [0.15, 0.2) is 23.0 Å². The van der Waals surface area contributed by atoms with Gasteiger partial charge in [-0.15, -0.1) is 0 Å². The van der Waals surface area contributed by atoms with Gasteiger partial charge in [0, 0.05) is 44.5 Å². The Hall–Kier alpha value is -2.16. The van der Waals surface area contributed by atoms with E-state index in [4.69, 9.17) is 4.52 Å². The topological polar surface area (TPSA) is 58.3 Å². The Morgan fingerprint density at radius 2 is 1.96 bits per heavy atom. The molecule has 0 N–H and O–H groups in total. The van der Waals surface area contributed by atoms with E-state index in [0.717, 1.165) is 23.6 Å². The summed E-state index contributed by atoms with van der Waals surface area (Å²) in [6.45, 7) is 5.15. The largest absolute Gasteiger partial charge is 0.433 e. The number of nitrogens with zero attached hydrogens (tertiary/aromatic N) is 5. The van der Waals surface area contributed by atoms with Gasteiger partial charge in [-0.25, -0.2) is 9.97 Å². The van der Waals surface area contributed by atoms with Gasteiger partial charge in [-0.1, -0.05) is 5.16 Å². The van der Waals surface area contributed by atoms with Crippen LogP contribution in [-0.4, -0.2) is 46.2 Å². The van der Waals surface area contributed by atoms with E-state index in [1.165, 1.54) is 0 Å². The second-order valence-electron chi connectivity index (χ2n) is 5.41. The van der Waals surface area contributed by atoms with Crippen molar-refractivity contribution in [2.45, 2.75) is 19.6 Å². The van der Waals surface area contributed by atoms with Crippen molar-refractivity contribution in [2.24, 2.45) is 0 Å². The Balaban J connectivity index is 1.62. The lowest BCUT2D eigenvalue weighted by Gasteiger charge is -2.34. The van der Waals surface area contributed by atoms with Crippen molar-refractivity contribution in [1.29, 1.82) is 0 Å². The van der Waals surface area contributed by atoms with Crippen LogP contribution < -0.4 is 4.90 Å². The quantitative estimate of drug-likeness (QED) is 0.861. The third-order valence-corrected chi connectivity index (χ3v) is 3.83. The Labute approximate surface area is 130 Å². The normalized spacial score (nSPS) is 16.8. The highest BCUT2D eigenvalue weighted by molar-refractivity contribution is 5.31. The van der Waals surface area contributed by atoms with Gasteiger partial charge in [0.15, 0.2) is 0 Å². The summed E-state index contributed by atoms with van der Waals surface area (Å²) < 4.78 is 43.2. The molecule has 0 unspecified atom stereocenters. The maximum atomic E-state index is 12.7. The Bertz CT molecular complexity index is 664. The first kappa shape index (κ1) is 15.7. The first-order valence-electron chi connectivity index (χ1n) is 7.21. The minimum absolute atomic E-state index is 0.126. The molecular weight excluding hydrogens is 311 g/mol. The monoisotopic (exact) mass is 327 g/mol. The van der Waals surface area contributed by atoms with Gasteiger partial charge in [0.25, 0.3) is 0 Å². The van der Waals surface area contributed by atoms with Crippen LogP contribution in [0.2, 0.25) is 0 Å². The summed E-state index contributed by atoms with van der Waals surface area (Å²) in [5, 5.41) is 3.74. The Morgan fingerprint density at radius 3 is 2.57 bits per heavy atom. The summed E-state index contributed by atoms with van der Waals surface area (Å²) in [5.74, 6) is 0.911. The summed E-state index contributed by atoms with van der Waals surface area (Å²) in [6, 6.07) is 0.883. The van der Waals surface area contributed by atoms with Crippen molar-refractivity contribution in [1.82, 2.24) is 20.0 Å². The van der Waals surface area contributed by atoms with Gasteiger partial charge in [-0.2, -0.15) is 13.2 Å². The van der Waals surface area contributed by atoms with E-state index in [1.54, 1.807) is 11.1 Å². The fourth-order valence-electron chi connectivity index (χ4n) is 2.48. The lowest BCUT2D eigenvalue weighted by molar-refractivity contribution is -0.141. The lowest BCUT2D eigenvalue weighted by atomic mass is 10.2. The van der Waals surface area contributed by atoms with Gasteiger partial charge in [-0.3, -0.25) is 4.90 Å². The van der Waals surface area contributed by atoms with Crippen molar-refractivity contribution < 1.29 is 17.7 Å². The summed E-state index contributed by atoms with van der Waals surface area (Å²) in [6.07, 6.45) is -1.61. The molecule has 0 aromatic carbocycles. The predicted molar refractivity (Wildman–Crippen MR) is 75.8 cm³/mol. The van der Waals surface area contributed by atoms with Gasteiger partial charge in [0.2, 0.25) is 5.95 Å². The number of piperazine rings is 1. The molecular formula is C14H16F3N5O. The highest BCUT2D eigenvalue weighted by Crippen LogP contribution is 2.28. The fraction of sp³-hybridized carbons (Fsp3) is 0.500. The van der Waals surface area contributed by atoms with Crippen LogP contribution in [0.4, 0.5) is 19.1 Å². The Morgan fingerprint density at radius 1 is 1.22 bits per heavy atom. The molecule has 9 heteroatoms. The van der Waals surface area contributed by atoms with E-state index < -0.39 is 11.9 Å². The van der Waals surface area contributed by atoms with E-state index >= 15 is 0 Å². The number of anilines is 1. The molecule has 3 heterocycles. The second kappa shape index (κ2) is 6.15. The molecule has 0 aliphatic carbocycles. The SMILES string of the molecule is Cc1oncc1CN1CCN(c2nccc(C(F)(F)F)n2)CC1. The molecule has 0 amide bonds. The molecule has 1 saturated heterocycles. The molecule has 0 atom stereocenters. The van der Waals surface area contributed by atoms with Crippen LogP contribution in [-0.2, 0) is 12.7 Å². The van der Waals surface area contributed by atoms with Crippen LogP contribution in [0.1, 0.15) is 17.0 Å². The first-order valence-corrected chi connectivity index (χ1v) is 7.21. The van der Waals surface area contributed by atoms with Crippen molar-refractivity contribution in [3.8, 4) is 0 Å². The summed E-state index contributed by atoms with van der Waals surface area (Å²) >= 11 is 0. The van der Waals surface area contributed by atoms with E-state index in [0.29, 0.717) is 32.7 Å². The van der Waals surface area contributed by atoms with Crippen molar-refractivity contribution >= 4 is 5.95 Å². The molecule has 23 heavy (non-hydrogen) atoms. The molecule has 6 nitrogen and oxygen atoms in total. The minimum atomic E-state index is -4.45. The number of alkyl halides is 3. The van der Waals surface area contributed by atoms with E-state index in [9.17, 15) is 13.2 Å². The third-order valence-electron chi connectivity index (χ3n) is 3.83. The molecule has 0 saturated carbocycles. The zero-order valence-electron chi connectivity index (χ0n) is 12.5. The maximum Gasteiger partial charge on any atom is 0.433 e. The van der Waals surface area contributed by atoms with Gasteiger partial charge >= 0.3 is 6.18 Å². The molecule has 3 rings (SSSR count). The average molecular weight is 327 g/mol. The first-order chi connectivity index (χ1) is 10.9. The molecule has 0 spiro atoms. The van der Waals surface area contributed by atoms with Crippen LogP contribution >= 0.6 is 0 Å². The number of rotatable bonds is 3. The minimum Gasteiger partial charge on any atom is -0.361 e. The summed E-state index contributed by atoms with van der Waals surface area (Å²) in [4.78, 5) is 11.6. The number of hydrogen-bond donors (Lipinski definition) is 0. The van der Waals surface area contributed by atoms with E-state index in [-0.39, 0.29) is 5.95 Å². The molecule has 2 aromatic heterocycles. The predicted octanol–water partition coefficient (Wildman–Crippen LogP) is 2.11. The van der Waals surface area contributed by atoms with Gasteiger partial charge in [-0.05, 0) is 13.0 Å². The maximum absolute atomic E-state index is 12.7. The van der Waals surface area contributed by atoms with E-state index in [2.05, 4.69) is 20.0 Å². The highest BCUT2D eigenvalue weighted by Gasteiger charge is 2.33. The number of hydrogen-bond acceptors (Lipinski definition) is 6. The molecule has 124 valence electrons. The summed E-state index contributed by atoms with van der Waals surface area (Å²) in [7, 11) is 0. The van der Waals surface area contributed by atoms with Crippen molar-refractivity contribution in [3.63, 3.8) is 0 Å². The second-order valence-corrected chi connectivity index (χ2v) is 5.41. The van der Waals surface area contributed by atoms with Gasteiger partial charge in [0.1, 0.15) is 11.5 Å². The molecule has 1 fully saturated rings. The number of halogens is 3. The lowest BCUT2D eigenvalue weighted by Crippen LogP contribution is -2.46. The van der Waals surface area contributed by atoms with Crippen molar-refractivity contribution in [3.05, 3.63) is 35.5 Å². The molecule has 2 aromatic rings. The smallest absolute Gasteiger partial charge is 0.361 e. The van der Waals surface area contributed by atoms with Crippen LogP contribution in [0, 0.1) is 6.92 Å². The molecule has 0 bridgehead atoms. The fourth-order valence-corrected chi connectivity index (χ4v) is 2.48. The Kier molecular flexibility index (Phi) is 4.20. The zero-order valence-corrected chi connectivity index (χ0v) is 12.5. The highest BCUT2D eigenvalue weighted by atomic mass is 19.4. The van der Waals surface area contributed by atoms with E-state index in [1.807, 2.05) is 6.92 Å². The van der Waals surface area contributed by atoms with Crippen LogP contribution in [0.3, 0.4) is 0 Å². The number of aryl methyl sites for hydroxylation is 1. The molecule has 1 aliphatic heterocycles. The molecule has 1 aliphatic rings. The molecule has 0 radical (unpaired) electrons. The van der Waals surface area contributed by atoms with Crippen molar-refractivity contribution in [2.75, 3.05) is 31.1 Å². The standard InChI is InChI=1S/C14H16F3N5O/c1-10-11(8-19-23-10)9-21-4-6-22(7-5-21)13-18-3-2-12(20-13)14(15,16)17/h2-3,8H,4-7,9H2,1H3.